The smallest absolute Gasteiger partial charge is 0.255 e. The van der Waals surface area contributed by atoms with Gasteiger partial charge in [0, 0.05) is 6.42 Å². The molecule has 1 aromatic rings. The van der Waals surface area contributed by atoms with E-state index >= 15 is 0 Å². The summed E-state index contributed by atoms with van der Waals surface area (Å²) in [5.41, 5.74) is 0.414. The van der Waals surface area contributed by atoms with Crippen molar-refractivity contribution < 1.29 is 18.8 Å². The first kappa shape index (κ1) is 12.3. The van der Waals surface area contributed by atoms with Crippen molar-refractivity contribution in [3.8, 4) is 0 Å². The molecule has 1 aliphatic heterocycles. The zero-order valence-corrected chi connectivity index (χ0v) is 10.2. The van der Waals surface area contributed by atoms with Crippen molar-refractivity contribution >= 4 is 17.7 Å². The molecule has 1 saturated heterocycles. The largest absolute Gasteiger partial charge is 0.466 e. The van der Waals surface area contributed by atoms with Crippen LogP contribution in [0.2, 0.25) is 0 Å². The van der Waals surface area contributed by atoms with Crippen molar-refractivity contribution in [3.05, 3.63) is 23.2 Å². The molecule has 18 heavy (non-hydrogen) atoms. The van der Waals surface area contributed by atoms with Crippen LogP contribution in [-0.2, 0) is 9.59 Å². The Morgan fingerprint density at radius 1 is 1.44 bits per heavy atom. The fourth-order valence-electron chi connectivity index (χ4n) is 1.92. The SMILES string of the molecule is Cc1cc(C(=O)NC2CCC(=O)NC2=O)c(C)o1. The number of carbonyl (C=O) groups excluding carboxylic acids is 3. The molecule has 1 aliphatic rings. The van der Waals surface area contributed by atoms with Crippen LogP contribution in [0.15, 0.2) is 10.5 Å². The second-order valence-electron chi connectivity index (χ2n) is 4.30. The molecule has 0 bridgehead atoms. The van der Waals surface area contributed by atoms with E-state index in [9.17, 15) is 14.4 Å². The van der Waals surface area contributed by atoms with Gasteiger partial charge in [-0.25, -0.2) is 0 Å². The lowest BCUT2D eigenvalue weighted by Crippen LogP contribution is -2.52. The normalized spacial score (nSPS) is 19.6. The molecule has 1 aromatic heterocycles. The van der Waals surface area contributed by atoms with Crippen molar-refractivity contribution in [2.24, 2.45) is 0 Å². The summed E-state index contributed by atoms with van der Waals surface area (Å²) < 4.78 is 5.25. The number of furan rings is 1. The third-order valence-corrected chi connectivity index (χ3v) is 2.83. The Hall–Kier alpha value is -2.11. The number of aryl methyl sites for hydroxylation is 2. The minimum atomic E-state index is -0.662. The highest BCUT2D eigenvalue weighted by molar-refractivity contribution is 6.04. The molecule has 1 atom stereocenters. The van der Waals surface area contributed by atoms with Crippen LogP contribution in [-0.4, -0.2) is 23.8 Å². The maximum atomic E-state index is 11.9. The molecule has 2 N–H and O–H groups in total. The molecule has 1 fully saturated rings. The zero-order valence-electron chi connectivity index (χ0n) is 10.2. The van der Waals surface area contributed by atoms with Gasteiger partial charge in [-0.3, -0.25) is 19.7 Å². The molecule has 2 rings (SSSR count). The minimum absolute atomic E-state index is 0.236. The average Bonchev–Trinajstić information content (AvgIpc) is 2.62. The van der Waals surface area contributed by atoms with E-state index in [2.05, 4.69) is 10.6 Å². The number of rotatable bonds is 2. The zero-order chi connectivity index (χ0) is 13.3. The second kappa shape index (κ2) is 4.64. The van der Waals surface area contributed by atoms with Crippen molar-refractivity contribution in [2.45, 2.75) is 32.7 Å². The van der Waals surface area contributed by atoms with Crippen LogP contribution in [0.1, 0.15) is 34.7 Å². The van der Waals surface area contributed by atoms with E-state index in [0.29, 0.717) is 23.5 Å². The molecule has 2 heterocycles. The highest BCUT2D eigenvalue weighted by atomic mass is 16.3. The molecule has 0 saturated carbocycles. The predicted octanol–water partition coefficient (Wildman–Crippen LogP) is 0.431. The van der Waals surface area contributed by atoms with Gasteiger partial charge in [0.2, 0.25) is 11.8 Å². The lowest BCUT2D eigenvalue weighted by molar-refractivity contribution is -0.134. The molecular formula is C12H14N2O4. The standard InChI is InChI=1S/C12H14N2O4/c1-6-5-8(7(2)18-6)11(16)13-9-3-4-10(15)14-12(9)17/h5,9H,3-4H2,1-2H3,(H,13,16)(H,14,15,17). The van der Waals surface area contributed by atoms with Gasteiger partial charge in [0.05, 0.1) is 5.56 Å². The first-order chi connectivity index (χ1) is 8.47. The van der Waals surface area contributed by atoms with Crippen LogP contribution >= 0.6 is 0 Å². The number of hydrogen-bond donors (Lipinski definition) is 2. The number of nitrogens with one attached hydrogen (secondary N) is 2. The van der Waals surface area contributed by atoms with Crippen LogP contribution in [0.4, 0.5) is 0 Å². The molecule has 0 aliphatic carbocycles. The first-order valence-electron chi connectivity index (χ1n) is 5.69. The lowest BCUT2D eigenvalue weighted by Gasteiger charge is -2.21. The molecule has 0 aromatic carbocycles. The Balaban J connectivity index is 2.06. The summed E-state index contributed by atoms with van der Waals surface area (Å²) >= 11 is 0. The van der Waals surface area contributed by atoms with Crippen molar-refractivity contribution in [1.82, 2.24) is 10.6 Å². The van der Waals surface area contributed by atoms with Crippen LogP contribution in [0, 0.1) is 13.8 Å². The first-order valence-corrected chi connectivity index (χ1v) is 5.69. The van der Waals surface area contributed by atoms with Gasteiger partial charge < -0.3 is 9.73 Å². The Kier molecular flexibility index (Phi) is 3.18. The van der Waals surface area contributed by atoms with Crippen LogP contribution < -0.4 is 10.6 Å². The fraction of sp³-hybridized carbons (Fsp3) is 0.417. The highest BCUT2D eigenvalue weighted by Gasteiger charge is 2.28. The number of piperidine rings is 1. The third-order valence-electron chi connectivity index (χ3n) is 2.83. The molecule has 0 spiro atoms. The molecule has 96 valence electrons. The molecular weight excluding hydrogens is 236 g/mol. The summed E-state index contributed by atoms with van der Waals surface area (Å²) in [6, 6.07) is 0.959. The van der Waals surface area contributed by atoms with E-state index in [-0.39, 0.29) is 18.2 Å². The summed E-state index contributed by atoms with van der Waals surface area (Å²) in [7, 11) is 0. The summed E-state index contributed by atoms with van der Waals surface area (Å²) in [5, 5.41) is 4.79. The van der Waals surface area contributed by atoms with Gasteiger partial charge in [0.15, 0.2) is 0 Å². The predicted molar refractivity (Wildman–Crippen MR) is 61.8 cm³/mol. The maximum absolute atomic E-state index is 11.9. The molecule has 6 nitrogen and oxygen atoms in total. The van der Waals surface area contributed by atoms with Gasteiger partial charge in [0.1, 0.15) is 17.6 Å². The number of imide groups is 1. The van der Waals surface area contributed by atoms with Gasteiger partial charge in [-0.05, 0) is 26.3 Å². The minimum Gasteiger partial charge on any atom is -0.466 e. The van der Waals surface area contributed by atoms with Gasteiger partial charge in [-0.1, -0.05) is 0 Å². The number of hydrogen-bond acceptors (Lipinski definition) is 4. The Bertz CT molecular complexity index is 518. The average molecular weight is 250 g/mol. The molecule has 6 heteroatoms. The summed E-state index contributed by atoms with van der Waals surface area (Å²) in [4.78, 5) is 34.4. The van der Waals surface area contributed by atoms with Crippen LogP contribution in [0.5, 0.6) is 0 Å². The Labute approximate surface area is 104 Å². The van der Waals surface area contributed by atoms with Crippen LogP contribution in [0.25, 0.3) is 0 Å². The van der Waals surface area contributed by atoms with Crippen molar-refractivity contribution in [1.29, 1.82) is 0 Å². The summed E-state index contributed by atoms with van der Waals surface area (Å²) in [6.45, 7) is 3.43. The monoisotopic (exact) mass is 250 g/mol. The Morgan fingerprint density at radius 3 is 2.72 bits per heavy atom. The summed E-state index contributed by atoms with van der Waals surface area (Å²) in [6.07, 6.45) is 0.562. The van der Waals surface area contributed by atoms with Gasteiger partial charge in [-0.2, -0.15) is 0 Å². The van der Waals surface area contributed by atoms with Gasteiger partial charge in [0.25, 0.3) is 5.91 Å². The highest BCUT2D eigenvalue weighted by Crippen LogP contribution is 2.14. The maximum Gasteiger partial charge on any atom is 0.255 e. The number of amides is 3. The van der Waals surface area contributed by atoms with E-state index < -0.39 is 11.9 Å². The quantitative estimate of drug-likeness (QED) is 0.745. The lowest BCUT2D eigenvalue weighted by atomic mass is 10.1. The second-order valence-corrected chi connectivity index (χ2v) is 4.30. The van der Waals surface area contributed by atoms with E-state index in [4.69, 9.17) is 4.42 Å². The molecule has 0 radical (unpaired) electrons. The van der Waals surface area contributed by atoms with Gasteiger partial charge in [-0.15, -0.1) is 0 Å². The third kappa shape index (κ3) is 2.42. The molecule has 3 amide bonds. The van der Waals surface area contributed by atoms with Crippen LogP contribution in [0.3, 0.4) is 0 Å². The van der Waals surface area contributed by atoms with E-state index in [1.54, 1.807) is 19.9 Å². The number of carbonyl (C=O) groups is 3. The van der Waals surface area contributed by atoms with E-state index in [0.717, 1.165) is 0 Å². The van der Waals surface area contributed by atoms with E-state index in [1.165, 1.54) is 0 Å². The topological polar surface area (TPSA) is 88.4 Å². The van der Waals surface area contributed by atoms with Crippen molar-refractivity contribution in [2.75, 3.05) is 0 Å². The summed E-state index contributed by atoms with van der Waals surface area (Å²) in [5.74, 6) is 0.0235. The molecule has 1 unspecified atom stereocenters. The fourth-order valence-corrected chi connectivity index (χ4v) is 1.92. The van der Waals surface area contributed by atoms with Crippen molar-refractivity contribution in [3.63, 3.8) is 0 Å². The Morgan fingerprint density at radius 2 is 2.17 bits per heavy atom. The van der Waals surface area contributed by atoms with Gasteiger partial charge >= 0.3 is 0 Å². The van der Waals surface area contributed by atoms with E-state index in [1.807, 2.05) is 0 Å².